The van der Waals surface area contributed by atoms with Gasteiger partial charge in [-0.25, -0.2) is 9.97 Å². The molecule has 6 heteroatoms. The van der Waals surface area contributed by atoms with E-state index < -0.39 is 0 Å². The van der Waals surface area contributed by atoms with Gasteiger partial charge in [-0.05, 0) is 37.4 Å². The van der Waals surface area contributed by atoms with Gasteiger partial charge >= 0.3 is 0 Å². The van der Waals surface area contributed by atoms with Crippen molar-refractivity contribution < 1.29 is 4.79 Å². The molecule has 1 saturated heterocycles. The molecule has 0 spiro atoms. The fourth-order valence-corrected chi connectivity index (χ4v) is 3.86. The third-order valence-electron chi connectivity index (χ3n) is 5.64. The predicted octanol–water partition coefficient (Wildman–Crippen LogP) is 2.61. The topological polar surface area (TPSA) is 75.4 Å². The molecule has 1 aliphatic heterocycles. The van der Waals surface area contributed by atoms with Gasteiger partial charge in [-0.1, -0.05) is 44.2 Å². The fraction of sp³-hybridized carbons (Fsp3) is 0.500. The molecule has 0 aliphatic carbocycles. The summed E-state index contributed by atoms with van der Waals surface area (Å²) in [5.41, 5.74) is 6.98. The molecule has 1 amide bonds. The van der Waals surface area contributed by atoms with Gasteiger partial charge in [-0.3, -0.25) is 9.69 Å². The molecule has 2 atom stereocenters. The van der Waals surface area contributed by atoms with Crippen LogP contribution in [0.1, 0.15) is 31.7 Å². The van der Waals surface area contributed by atoms with Gasteiger partial charge in [0.25, 0.3) is 0 Å². The van der Waals surface area contributed by atoms with Crippen LogP contribution in [-0.2, 0) is 17.8 Å². The van der Waals surface area contributed by atoms with E-state index in [2.05, 4.69) is 47.9 Å². The minimum absolute atomic E-state index is 0.0173. The highest BCUT2D eigenvalue weighted by Crippen LogP contribution is 2.24. The van der Waals surface area contributed by atoms with E-state index in [0.29, 0.717) is 24.3 Å². The second-order valence-corrected chi connectivity index (χ2v) is 8.08. The lowest BCUT2D eigenvalue weighted by molar-refractivity contribution is -0.136. The normalized spacial score (nSPS) is 18.0. The summed E-state index contributed by atoms with van der Waals surface area (Å²) in [6.07, 6.45) is 3.46. The molecule has 0 saturated carbocycles. The number of likely N-dealkylation sites (N-methyl/N-ethyl adjacent to an activating group) is 1. The van der Waals surface area contributed by atoms with Crippen LogP contribution in [0, 0.1) is 11.8 Å². The molecule has 2 unspecified atom stereocenters. The van der Waals surface area contributed by atoms with Gasteiger partial charge in [-0.2, -0.15) is 0 Å². The monoisotopic (exact) mass is 381 g/mol. The standard InChI is InChI=1S/C22H31N5O/c1-16(2)19(13-17-7-5-4-6-8-17)22(28)27-12-10-18(14-27)26(3)15-21-24-11-9-20(23)25-21/h4-9,11,16,18-19H,10,12-15H2,1-3H3,(H2,23,24,25). The summed E-state index contributed by atoms with van der Waals surface area (Å²) in [5.74, 6) is 1.81. The highest BCUT2D eigenvalue weighted by molar-refractivity contribution is 5.79. The number of nitrogens with zero attached hydrogens (tertiary/aromatic N) is 4. The molecule has 3 rings (SSSR count). The van der Waals surface area contributed by atoms with Gasteiger partial charge in [0.1, 0.15) is 11.6 Å². The molecule has 150 valence electrons. The largest absolute Gasteiger partial charge is 0.384 e. The van der Waals surface area contributed by atoms with Crippen LogP contribution in [0.4, 0.5) is 5.82 Å². The van der Waals surface area contributed by atoms with Crippen LogP contribution in [0.25, 0.3) is 0 Å². The number of carbonyl (C=O) groups is 1. The molecule has 1 aromatic heterocycles. The Morgan fingerprint density at radius 2 is 2.04 bits per heavy atom. The molecule has 1 aliphatic rings. The van der Waals surface area contributed by atoms with Gasteiger partial charge < -0.3 is 10.6 Å². The molecule has 2 aromatic rings. The first-order valence-electron chi connectivity index (χ1n) is 10.0. The van der Waals surface area contributed by atoms with Gasteiger partial charge in [0, 0.05) is 31.2 Å². The fourth-order valence-electron chi connectivity index (χ4n) is 3.86. The zero-order chi connectivity index (χ0) is 20.1. The summed E-state index contributed by atoms with van der Waals surface area (Å²) in [7, 11) is 2.06. The third kappa shape index (κ3) is 5.07. The Balaban J connectivity index is 1.60. The number of nitrogens with two attached hydrogens (primary N) is 1. The first-order chi connectivity index (χ1) is 13.4. The summed E-state index contributed by atoms with van der Waals surface area (Å²) >= 11 is 0. The average molecular weight is 382 g/mol. The molecule has 6 nitrogen and oxygen atoms in total. The lowest BCUT2D eigenvalue weighted by Crippen LogP contribution is -2.40. The average Bonchev–Trinajstić information content (AvgIpc) is 3.16. The lowest BCUT2D eigenvalue weighted by Gasteiger charge is -2.28. The first kappa shape index (κ1) is 20.3. The van der Waals surface area contributed by atoms with E-state index in [-0.39, 0.29) is 11.8 Å². The number of rotatable bonds is 7. The number of hydrogen-bond acceptors (Lipinski definition) is 5. The predicted molar refractivity (Wildman–Crippen MR) is 111 cm³/mol. The van der Waals surface area contributed by atoms with Crippen molar-refractivity contribution in [1.29, 1.82) is 0 Å². The Morgan fingerprint density at radius 3 is 2.71 bits per heavy atom. The molecule has 2 N–H and O–H groups in total. The smallest absolute Gasteiger partial charge is 0.226 e. The van der Waals surface area contributed by atoms with E-state index in [1.807, 2.05) is 23.1 Å². The molecular weight excluding hydrogens is 350 g/mol. The number of anilines is 1. The molecule has 0 bridgehead atoms. The van der Waals surface area contributed by atoms with Crippen molar-refractivity contribution in [2.45, 2.75) is 39.3 Å². The molecule has 1 aromatic carbocycles. The minimum atomic E-state index is 0.0173. The molecule has 1 fully saturated rings. The molecule has 0 radical (unpaired) electrons. The van der Waals surface area contributed by atoms with E-state index in [1.165, 1.54) is 5.56 Å². The van der Waals surface area contributed by atoms with E-state index >= 15 is 0 Å². The zero-order valence-electron chi connectivity index (χ0n) is 17.1. The number of hydrogen-bond donors (Lipinski definition) is 1. The minimum Gasteiger partial charge on any atom is -0.384 e. The molecule has 2 heterocycles. The van der Waals surface area contributed by atoms with Crippen LogP contribution in [0.3, 0.4) is 0 Å². The van der Waals surface area contributed by atoms with Crippen molar-refractivity contribution in [1.82, 2.24) is 19.8 Å². The Labute approximate surface area is 167 Å². The van der Waals surface area contributed by atoms with Gasteiger partial charge in [0.2, 0.25) is 5.91 Å². The number of aromatic nitrogens is 2. The second kappa shape index (κ2) is 9.15. The number of benzene rings is 1. The number of likely N-dealkylation sites (tertiary alicyclic amines) is 1. The van der Waals surface area contributed by atoms with Crippen LogP contribution in [0.15, 0.2) is 42.6 Å². The highest BCUT2D eigenvalue weighted by atomic mass is 16.2. The van der Waals surface area contributed by atoms with E-state index in [1.54, 1.807) is 12.3 Å². The Bertz CT molecular complexity index is 780. The molecular formula is C22H31N5O. The third-order valence-corrected chi connectivity index (χ3v) is 5.64. The number of nitrogen functional groups attached to an aromatic ring is 1. The molecule has 28 heavy (non-hydrogen) atoms. The van der Waals surface area contributed by atoms with Crippen LogP contribution in [-0.4, -0.2) is 51.9 Å². The quantitative estimate of drug-likeness (QED) is 0.798. The maximum absolute atomic E-state index is 13.2. The number of carbonyl (C=O) groups excluding carboxylic acids is 1. The first-order valence-corrected chi connectivity index (χ1v) is 10.0. The van der Waals surface area contributed by atoms with Crippen molar-refractivity contribution >= 4 is 11.7 Å². The summed E-state index contributed by atoms with van der Waals surface area (Å²) in [5, 5.41) is 0. The second-order valence-electron chi connectivity index (χ2n) is 8.08. The number of amides is 1. The van der Waals surface area contributed by atoms with Crippen LogP contribution in [0.2, 0.25) is 0 Å². The maximum atomic E-state index is 13.2. The summed E-state index contributed by atoms with van der Waals surface area (Å²) < 4.78 is 0. The van der Waals surface area contributed by atoms with Crippen molar-refractivity contribution in [2.24, 2.45) is 11.8 Å². The van der Waals surface area contributed by atoms with Crippen LogP contribution >= 0.6 is 0 Å². The maximum Gasteiger partial charge on any atom is 0.226 e. The lowest BCUT2D eigenvalue weighted by atomic mass is 9.88. The van der Waals surface area contributed by atoms with Crippen molar-refractivity contribution in [3.63, 3.8) is 0 Å². The van der Waals surface area contributed by atoms with Gasteiger partial charge in [0.15, 0.2) is 0 Å². The van der Waals surface area contributed by atoms with Crippen LogP contribution < -0.4 is 5.73 Å². The highest BCUT2D eigenvalue weighted by Gasteiger charge is 2.33. The van der Waals surface area contributed by atoms with Crippen molar-refractivity contribution in [2.75, 3.05) is 25.9 Å². The Hall–Kier alpha value is -2.47. The van der Waals surface area contributed by atoms with Gasteiger partial charge in [-0.15, -0.1) is 0 Å². The van der Waals surface area contributed by atoms with Gasteiger partial charge in [0.05, 0.1) is 6.54 Å². The van der Waals surface area contributed by atoms with Crippen molar-refractivity contribution in [3.8, 4) is 0 Å². The summed E-state index contributed by atoms with van der Waals surface area (Å²) in [6.45, 7) is 6.49. The van der Waals surface area contributed by atoms with E-state index in [4.69, 9.17) is 5.73 Å². The summed E-state index contributed by atoms with van der Waals surface area (Å²) in [4.78, 5) is 26.1. The van der Waals surface area contributed by atoms with E-state index in [0.717, 1.165) is 31.8 Å². The zero-order valence-corrected chi connectivity index (χ0v) is 17.1. The van der Waals surface area contributed by atoms with E-state index in [9.17, 15) is 4.79 Å². The van der Waals surface area contributed by atoms with Crippen LogP contribution in [0.5, 0.6) is 0 Å². The Kier molecular flexibility index (Phi) is 6.62. The van der Waals surface area contributed by atoms with Crippen molar-refractivity contribution in [3.05, 3.63) is 54.0 Å². The Morgan fingerprint density at radius 1 is 1.29 bits per heavy atom. The summed E-state index contributed by atoms with van der Waals surface area (Å²) in [6, 6.07) is 12.3. The SMILES string of the molecule is CC(C)C(Cc1ccccc1)C(=O)N1CCC(N(C)Cc2nccc(N)n2)C1.